The number of alkyl carbamates (subject to hydrolysis) is 1. The second kappa shape index (κ2) is 7.67. The van der Waals surface area contributed by atoms with Crippen LogP contribution in [0.4, 0.5) is 4.79 Å². The van der Waals surface area contributed by atoms with E-state index in [1.54, 1.807) is 0 Å². The number of methoxy groups -OCH3 is 1. The van der Waals surface area contributed by atoms with Gasteiger partial charge in [0.15, 0.2) is 0 Å². The Hall–Kier alpha value is -0.593. The lowest BCUT2D eigenvalue weighted by Crippen LogP contribution is -2.42. The predicted molar refractivity (Wildman–Crippen MR) is 60.1 cm³/mol. The molecule has 0 aromatic rings. The van der Waals surface area contributed by atoms with Gasteiger partial charge >= 0.3 is 14.7 Å². The van der Waals surface area contributed by atoms with Crippen LogP contribution < -0.4 is 5.32 Å². The van der Waals surface area contributed by atoms with Crippen LogP contribution in [0.15, 0.2) is 0 Å². The average molecular weight is 235 g/mol. The monoisotopic (exact) mass is 235 g/mol. The van der Waals surface area contributed by atoms with E-state index in [1.165, 1.54) is 7.11 Å². The van der Waals surface area contributed by atoms with E-state index in [1.807, 2.05) is 20.4 Å². The van der Waals surface area contributed by atoms with Crippen LogP contribution in [-0.4, -0.2) is 41.5 Å². The molecule has 0 radical (unpaired) electrons. The maximum absolute atomic E-state index is 10.8. The summed E-state index contributed by atoms with van der Waals surface area (Å²) in [5.41, 5.74) is 0. The zero-order valence-electron chi connectivity index (χ0n) is 9.96. The lowest BCUT2D eigenvalue weighted by Gasteiger charge is -2.25. The van der Waals surface area contributed by atoms with Crippen molar-refractivity contribution >= 4 is 14.7 Å². The normalized spacial score (nSPS) is 11.2. The van der Waals surface area contributed by atoms with Gasteiger partial charge in [0, 0.05) is 25.8 Å². The van der Waals surface area contributed by atoms with E-state index in [0.717, 1.165) is 6.04 Å². The fraction of sp³-hybridized carbons (Fsp3) is 0.889. The second-order valence-corrected chi connectivity index (χ2v) is 6.51. The van der Waals surface area contributed by atoms with Crippen LogP contribution in [0.2, 0.25) is 12.6 Å². The van der Waals surface area contributed by atoms with Crippen molar-refractivity contribution in [3.8, 4) is 0 Å². The van der Waals surface area contributed by atoms with Gasteiger partial charge in [0.2, 0.25) is 0 Å². The Labute approximate surface area is 92.3 Å². The molecule has 0 spiro atoms. The number of nitrogens with one attached hydrogen (secondary N) is 1. The third-order valence-electron chi connectivity index (χ3n) is 1.93. The number of hydrogen-bond donors (Lipinski definition) is 1. The predicted octanol–water partition coefficient (Wildman–Crippen LogP) is 1.49. The summed E-state index contributed by atoms with van der Waals surface area (Å²) in [7, 11) is -0.755. The van der Waals surface area contributed by atoms with Crippen molar-refractivity contribution in [3.63, 3.8) is 0 Å². The molecule has 0 aliphatic heterocycles. The van der Waals surface area contributed by atoms with Crippen LogP contribution in [0.1, 0.15) is 13.8 Å². The lowest BCUT2D eigenvalue weighted by atomic mass is 10.7. The summed E-state index contributed by atoms with van der Waals surface area (Å²) in [6.07, 6.45) is -0.417. The van der Waals surface area contributed by atoms with Crippen LogP contribution >= 0.6 is 0 Å². The van der Waals surface area contributed by atoms with Gasteiger partial charge in [0.25, 0.3) is 0 Å². The molecule has 0 fully saturated rings. The maximum Gasteiger partial charge on any atom is 0.406 e. The minimum atomic E-state index is -2.10. The molecule has 1 amide bonds. The zero-order valence-corrected chi connectivity index (χ0v) is 11.0. The number of carbonyl (C=O) groups excluding carboxylic acids is 1. The first kappa shape index (κ1) is 14.4. The van der Waals surface area contributed by atoms with Gasteiger partial charge in [-0.25, -0.2) is 4.79 Å². The summed E-state index contributed by atoms with van der Waals surface area (Å²) in [6.45, 7) is 7.69. The minimum absolute atomic E-state index is 0.417. The molecule has 0 saturated heterocycles. The molecule has 0 aliphatic rings. The molecule has 0 unspecified atom stereocenters. The van der Waals surface area contributed by atoms with Crippen molar-refractivity contribution in [2.75, 3.05) is 26.9 Å². The summed E-state index contributed by atoms with van der Waals surface area (Å²) >= 11 is 0. The second-order valence-electron chi connectivity index (χ2n) is 3.17. The van der Waals surface area contributed by atoms with Crippen LogP contribution in [-0.2, 0) is 13.6 Å². The van der Waals surface area contributed by atoms with Gasteiger partial charge in [0.05, 0.1) is 7.11 Å². The molecule has 15 heavy (non-hydrogen) atoms. The molecule has 0 rings (SSSR count). The van der Waals surface area contributed by atoms with Crippen LogP contribution in [0.25, 0.3) is 0 Å². The Kier molecular flexibility index (Phi) is 7.36. The summed E-state index contributed by atoms with van der Waals surface area (Å²) in [6, 6.07) is 0.726. The highest BCUT2D eigenvalue weighted by atomic mass is 28.4. The molecular formula is C9H21NO4Si. The van der Waals surface area contributed by atoms with Crippen LogP contribution in [0.3, 0.4) is 0 Å². The molecule has 0 atom stereocenters. The van der Waals surface area contributed by atoms with Gasteiger partial charge in [-0.05, 0) is 20.4 Å². The molecule has 0 aromatic carbocycles. The van der Waals surface area contributed by atoms with E-state index in [-0.39, 0.29) is 0 Å². The van der Waals surface area contributed by atoms with Crippen LogP contribution in [0, 0.1) is 0 Å². The van der Waals surface area contributed by atoms with Crippen molar-refractivity contribution in [1.82, 2.24) is 5.32 Å². The van der Waals surface area contributed by atoms with Gasteiger partial charge in [-0.1, -0.05) is 0 Å². The van der Waals surface area contributed by atoms with Crippen molar-refractivity contribution in [2.24, 2.45) is 0 Å². The average Bonchev–Trinajstić information content (AvgIpc) is 2.18. The van der Waals surface area contributed by atoms with Gasteiger partial charge < -0.3 is 18.9 Å². The molecular weight excluding hydrogens is 214 g/mol. The Morgan fingerprint density at radius 2 is 1.80 bits per heavy atom. The van der Waals surface area contributed by atoms with E-state index in [4.69, 9.17) is 8.85 Å². The molecule has 0 bridgehead atoms. The first-order valence-electron chi connectivity index (χ1n) is 5.17. The van der Waals surface area contributed by atoms with E-state index in [2.05, 4.69) is 10.1 Å². The number of hydrogen-bond acceptors (Lipinski definition) is 4. The SMILES string of the molecule is CCO[Si](C)(CCNC(=O)OC)OCC. The summed E-state index contributed by atoms with van der Waals surface area (Å²) in [5.74, 6) is 0. The Morgan fingerprint density at radius 3 is 2.20 bits per heavy atom. The van der Waals surface area contributed by atoms with Crippen molar-refractivity contribution < 1.29 is 18.4 Å². The topological polar surface area (TPSA) is 56.8 Å². The molecule has 0 saturated carbocycles. The van der Waals surface area contributed by atoms with E-state index >= 15 is 0 Å². The van der Waals surface area contributed by atoms with Gasteiger partial charge in [-0.3, -0.25) is 0 Å². The summed E-state index contributed by atoms with van der Waals surface area (Å²) in [4.78, 5) is 10.8. The number of carbonyl (C=O) groups is 1. The number of ether oxygens (including phenoxy) is 1. The molecule has 0 heterocycles. The molecule has 90 valence electrons. The van der Waals surface area contributed by atoms with Crippen molar-refractivity contribution in [1.29, 1.82) is 0 Å². The minimum Gasteiger partial charge on any atom is -0.453 e. The first-order chi connectivity index (χ1) is 7.08. The summed E-state index contributed by atoms with van der Waals surface area (Å²) < 4.78 is 15.7. The fourth-order valence-electron chi connectivity index (χ4n) is 1.26. The Morgan fingerprint density at radius 1 is 1.27 bits per heavy atom. The highest BCUT2D eigenvalue weighted by Crippen LogP contribution is 2.12. The van der Waals surface area contributed by atoms with Crippen molar-refractivity contribution in [3.05, 3.63) is 0 Å². The standard InChI is InChI=1S/C9H21NO4Si/c1-5-13-15(4,14-6-2)8-7-10-9(11)12-3/h5-8H2,1-4H3,(H,10,11). The molecule has 6 heteroatoms. The quantitative estimate of drug-likeness (QED) is 0.679. The highest BCUT2D eigenvalue weighted by Gasteiger charge is 2.30. The van der Waals surface area contributed by atoms with E-state index in [9.17, 15) is 4.79 Å². The van der Waals surface area contributed by atoms with Crippen molar-refractivity contribution in [2.45, 2.75) is 26.4 Å². The fourth-order valence-corrected chi connectivity index (χ4v) is 3.43. The first-order valence-corrected chi connectivity index (χ1v) is 7.70. The Bertz CT molecular complexity index is 183. The third kappa shape index (κ3) is 6.48. The van der Waals surface area contributed by atoms with Crippen LogP contribution in [0.5, 0.6) is 0 Å². The highest BCUT2D eigenvalue weighted by molar-refractivity contribution is 6.66. The van der Waals surface area contributed by atoms with E-state index < -0.39 is 14.7 Å². The third-order valence-corrected chi connectivity index (χ3v) is 4.89. The molecule has 0 aromatic heterocycles. The van der Waals surface area contributed by atoms with Gasteiger partial charge in [0.1, 0.15) is 0 Å². The molecule has 0 aliphatic carbocycles. The van der Waals surface area contributed by atoms with Gasteiger partial charge in [-0.2, -0.15) is 0 Å². The van der Waals surface area contributed by atoms with E-state index in [0.29, 0.717) is 19.8 Å². The maximum atomic E-state index is 10.8. The molecule has 1 N–H and O–H groups in total. The lowest BCUT2D eigenvalue weighted by molar-refractivity contribution is 0.169. The van der Waals surface area contributed by atoms with Gasteiger partial charge in [-0.15, -0.1) is 0 Å². The smallest absolute Gasteiger partial charge is 0.406 e. The molecule has 5 nitrogen and oxygen atoms in total. The largest absolute Gasteiger partial charge is 0.453 e. The number of rotatable bonds is 7. The zero-order chi connectivity index (χ0) is 11.7. The summed E-state index contributed by atoms with van der Waals surface area (Å²) in [5, 5.41) is 2.62. The number of amides is 1. The Balaban J connectivity index is 3.89.